The fraction of sp³-hybridized carbons (Fsp3) is 0.500. The van der Waals surface area contributed by atoms with Crippen molar-refractivity contribution in [1.82, 2.24) is 29.4 Å². The molecule has 3 heterocycles. The summed E-state index contributed by atoms with van der Waals surface area (Å²) in [4.78, 5) is 13.0. The van der Waals surface area contributed by atoms with Gasteiger partial charge in [0.1, 0.15) is 5.82 Å². The van der Waals surface area contributed by atoms with Crippen LogP contribution in [-0.2, 0) is 11.3 Å². The smallest absolute Gasteiger partial charge is 0.475 e. The van der Waals surface area contributed by atoms with Gasteiger partial charge in [-0.25, -0.2) is 9.78 Å². The van der Waals surface area contributed by atoms with Crippen molar-refractivity contribution in [2.75, 3.05) is 6.54 Å². The minimum Gasteiger partial charge on any atom is -0.475 e. The summed E-state index contributed by atoms with van der Waals surface area (Å²) >= 11 is 6.95. The Kier molecular flexibility index (Phi) is 5.16. The monoisotopic (exact) mass is 370 g/mol. The first kappa shape index (κ1) is 17.6. The van der Waals surface area contributed by atoms with Crippen molar-refractivity contribution in [3.8, 4) is 10.8 Å². The van der Waals surface area contributed by atoms with Gasteiger partial charge in [0.15, 0.2) is 10.8 Å². The Morgan fingerprint density at radius 2 is 2.13 bits per heavy atom. The van der Waals surface area contributed by atoms with Gasteiger partial charge in [0.05, 0.1) is 6.04 Å². The molecule has 0 aliphatic carbocycles. The summed E-state index contributed by atoms with van der Waals surface area (Å²) in [6.07, 6.45) is -5.08. The van der Waals surface area contributed by atoms with Crippen molar-refractivity contribution < 1.29 is 23.1 Å². The van der Waals surface area contributed by atoms with E-state index in [1.54, 1.807) is 0 Å². The van der Waals surface area contributed by atoms with E-state index in [0.29, 0.717) is 0 Å². The molecule has 1 aliphatic rings. The van der Waals surface area contributed by atoms with Crippen LogP contribution in [0, 0.1) is 0 Å². The SMILES string of the molecule is C[C@H]1NCCn2c(-c3nc(Cl)ns3)nnc21.O=C(O)C(F)(F)F. The summed E-state index contributed by atoms with van der Waals surface area (Å²) in [7, 11) is 0. The molecule has 0 amide bonds. The van der Waals surface area contributed by atoms with E-state index in [2.05, 4.69) is 36.4 Å². The van der Waals surface area contributed by atoms with Gasteiger partial charge in [-0.3, -0.25) is 0 Å². The quantitative estimate of drug-likeness (QED) is 0.787. The Morgan fingerprint density at radius 3 is 2.65 bits per heavy atom. The molecule has 0 aromatic carbocycles. The largest absolute Gasteiger partial charge is 0.490 e. The maximum Gasteiger partial charge on any atom is 0.490 e. The highest BCUT2D eigenvalue weighted by molar-refractivity contribution is 7.09. The number of carboxylic acids is 1. The second-order valence-electron chi connectivity index (χ2n) is 4.38. The van der Waals surface area contributed by atoms with Crippen molar-refractivity contribution in [1.29, 1.82) is 0 Å². The molecule has 0 unspecified atom stereocenters. The Balaban J connectivity index is 0.000000236. The molecular formula is C10H10ClF3N6O2S. The zero-order valence-corrected chi connectivity index (χ0v) is 13.1. The van der Waals surface area contributed by atoms with E-state index < -0.39 is 12.1 Å². The zero-order valence-electron chi connectivity index (χ0n) is 11.5. The molecule has 2 N–H and O–H groups in total. The molecule has 13 heteroatoms. The number of rotatable bonds is 1. The van der Waals surface area contributed by atoms with Gasteiger partial charge < -0.3 is 15.0 Å². The van der Waals surface area contributed by atoms with Crippen LogP contribution in [0.1, 0.15) is 18.8 Å². The zero-order chi connectivity index (χ0) is 17.2. The van der Waals surface area contributed by atoms with Crippen molar-refractivity contribution in [2.24, 2.45) is 0 Å². The van der Waals surface area contributed by atoms with E-state index in [-0.39, 0.29) is 11.3 Å². The number of fused-ring (bicyclic) bond motifs is 1. The molecule has 0 saturated heterocycles. The highest BCUT2D eigenvalue weighted by Crippen LogP contribution is 2.25. The van der Waals surface area contributed by atoms with Crippen LogP contribution in [0.15, 0.2) is 0 Å². The van der Waals surface area contributed by atoms with E-state index in [1.807, 2.05) is 0 Å². The van der Waals surface area contributed by atoms with Gasteiger partial charge in [-0.2, -0.15) is 17.5 Å². The van der Waals surface area contributed by atoms with E-state index in [9.17, 15) is 13.2 Å². The number of aromatic nitrogens is 5. The third kappa shape index (κ3) is 4.14. The molecule has 1 atom stereocenters. The summed E-state index contributed by atoms with van der Waals surface area (Å²) in [5, 5.41) is 19.8. The average Bonchev–Trinajstić information content (AvgIpc) is 3.05. The van der Waals surface area contributed by atoms with Crippen LogP contribution in [0.4, 0.5) is 13.2 Å². The molecule has 0 radical (unpaired) electrons. The van der Waals surface area contributed by atoms with Crippen molar-refractivity contribution in [3.63, 3.8) is 0 Å². The molecule has 2 aromatic rings. The fourth-order valence-electron chi connectivity index (χ4n) is 1.79. The Morgan fingerprint density at radius 1 is 1.48 bits per heavy atom. The summed E-state index contributed by atoms with van der Waals surface area (Å²) in [5.41, 5.74) is 0. The Labute approximate surface area is 136 Å². The van der Waals surface area contributed by atoms with Crippen LogP contribution in [0.25, 0.3) is 10.8 Å². The highest BCUT2D eigenvalue weighted by Gasteiger charge is 2.38. The molecule has 0 spiro atoms. The summed E-state index contributed by atoms with van der Waals surface area (Å²) in [6.45, 7) is 3.82. The van der Waals surface area contributed by atoms with Crippen molar-refractivity contribution >= 4 is 29.1 Å². The van der Waals surface area contributed by atoms with Crippen LogP contribution < -0.4 is 5.32 Å². The van der Waals surface area contributed by atoms with E-state index in [1.165, 1.54) is 11.5 Å². The van der Waals surface area contributed by atoms with Gasteiger partial charge in [-0.1, -0.05) is 0 Å². The van der Waals surface area contributed by atoms with E-state index in [4.69, 9.17) is 21.5 Å². The van der Waals surface area contributed by atoms with E-state index in [0.717, 1.165) is 29.7 Å². The first-order chi connectivity index (χ1) is 10.7. The number of aliphatic carboxylic acids is 1. The van der Waals surface area contributed by atoms with Crippen molar-refractivity contribution in [3.05, 3.63) is 11.1 Å². The maximum absolute atomic E-state index is 10.6. The summed E-state index contributed by atoms with van der Waals surface area (Å²) in [5.74, 6) is -1.06. The predicted octanol–water partition coefficient (Wildman–Crippen LogP) is 1.75. The van der Waals surface area contributed by atoms with E-state index >= 15 is 0 Å². The van der Waals surface area contributed by atoms with Crippen LogP contribution in [0.5, 0.6) is 0 Å². The topological polar surface area (TPSA) is 106 Å². The standard InChI is InChI=1S/C8H9ClN6S.C2HF3O2/c1-4-5-12-13-6(15(5)3-2-10-4)7-11-8(9)14-16-7;3-2(4,5)1(6)7/h4,10H,2-3H2,1H3;(H,6,7)/t4-;/m1./s1. The number of nitrogens with zero attached hydrogens (tertiary/aromatic N) is 5. The molecule has 0 bridgehead atoms. The van der Waals surface area contributed by atoms with Gasteiger partial charge in [0, 0.05) is 13.1 Å². The van der Waals surface area contributed by atoms with Crippen molar-refractivity contribution in [2.45, 2.75) is 25.7 Å². The minimum absolute atomic E-state index is 0.221. The minimum atomic E-state index is -5.08. The normalized spacial score (nSPS) is 17.2. The average molecular weight is 371 g/mol. The highest BCUT2D eigenvalue weighted by atomic mass is 35.5. The number of halogens is 4. The number of hydrogen-bond acceptors (Lipinski definition) is 7. The van der Waals surface area contributed by atoms with Gasteiger partial charge in [0.25, 0.3) is 0 Å². The second-order valence-corrected chi connectivity index (χ2v) is 5.47. The molecule has 1 aliphatic heterocycles. The number of alkyl halides is 3. The molecule has 0 saturated carbocycles. The Hall–Kier alpha value is -1.79. The van der Waals surface area contributed by atoms with Gasteiger partial charge in [0.2, 0.25) is 5.28 Å². The lowest BCUT2D eigenvalue weighted by Crippen LogP contribution is -2.32. The number of hydrogen-bond donors (Lipinski definition) is 2. The number of carbonyl (C=O) groups is 1. The molecule has 23 heavy (non-hydrogen) atoms. The lowest BCUT2D eigenvalue weighted by molar-refractivity contribution is -0.192. The molecule has 2 aromatic heterocycles. The maximum atomic E-state index is 10.6. The third-order valence-electron chi connectivity index (χ3n) is 2.79. The van der Waals surface area contributed by atoms with Crippen LogP contribution in [0.3, 0.4) is 0 Å². The lowest BCUT2D eigenvalue weighted by atomic mass is 10.2. The fourth-order valence-corrected chi connectivity index (χ4v) is 2.60. The first-order valence-electron chi connectivity index (χ1n) is 6.16. The van der Waals surface area contributed by atoms with Crippen LogP contribution in [0.2, 0.25) is 5.28 Å². The second kappa shape index (κ2) is 6.76. The number of nitrogens with one attached hydrogen (secondary N) is 1. The first-order valence-corrected chi connectivity index (χ1v) is 7.31. The number of carboxylic acid groups (broad SMARTS) is 1. The Bertz CT molecular complexity index is 703. The third-order valence-corrected chi connectivity index (χ3v) is 3.77. The molecule has 0 fully saturated rings. The van der Waals surface area contributed by atoms with Gasteiger partial charge in [-0.15, -0.1) is 10.2 Å². The molecule has 126 valence electrons. The van der Waals surface area contributed by atoms with Crippen LogP contribution in [-0.4, -0.2) is 47.9 Å². The summed E-state index contributed by atoms with van der Waals surface area (Å²) < 4.78 is 37.7. The summed E-state index contributed by atoms with van der Waals surface area (Å²) in [6, 6.07) is 0.221. The van der Waals surface area contributed by atoms with Gasteiger partial charge in [-0.05, 0) is 30.1 Å². The lowest BCUT2D eigenvalue weighted by Gasteiger charge is -2.21. The predicted molar refractivity (Wildman–Crippen MR) is 74.0 cm³/mol. The molecule has 8 nitrogen and oxygen atoms in total. The van der Waals surface area contributed by atoms with Gasteiger partial charge >= 0.3 is 12.1 Å². The van der Waals surface area contributed by atoms with Crippen LogP contribution >= 0.6 is 23.1 Å². The molecule has 3 rings (SSSR count). The molecular weight excluding hydrogens is 361 g/mol.